The Labute approximate surface area is 120 Å². The first-order chi connectivity index (χ1) is 9.96. The molecule has 1 atom stereocenters. The third-order valence-electron chi connectivity index (χ3n) is 2.45. The van der Waals surface area contributed by atoms with Crippen LogP contribution in [-0.4, -0.2) is 36.2 Å². The van der Waals surface area contributed by atoms with Gasteiger partial charge in [-0.15, -0.1) is 0 Å². The number of esters is 1. The number of carboxylic acid groups (broad SMARTS) is 1. The Bertz CT molecular complexity index is 594. The van der Waals surface area contributed by atoms with Gasteiger partial charge < -0.3 is 20.5 Å². The van der Waals surface area contributed by atoms with Gasteiger partial charge in [0.05, 0.1) is 25.2 Å². The number of carbonyl (C=O) groups excluding carboxylic acids is 2. The standard InChI is InChI=1S/C13H13N3O5/c1-21-11(17)6-10(12(18)19)16-13(20)15-9-4-2-3-8(5-9)7-14/h2-5,10H,6H2,1H3,(H,18,19)(H2,15,16,20)/t10-/m0/s1. The average Bonchev–Trinajstić information content (AvgIpc) is 2.46. The van der Waals surface area contributed by atoms with E-state index >= 15 is 0 Å². The summed E-state index contributed by atoms with van der Waals surface area (Å²) in [7, 11) is 1.12. The van der Waals surface area contributed by atoms with E-state index in [2.05, 4.69) is 15.4 Å². The maximum Gasteiger partial charge on any atom is 0.326 e. The van der Waals surface area contributed by atoms with E-state index in [9.17, 15) is 14.4 Å². The van der Waals surface area contributed by atoms with Crippen molar-refractivity contribution >= 4 is 23.7 Å². The molecule has 1 aromatic carbocycles. The second kappa shape index (κ2) is 7.49. The summed E-state index contributed by atoms with van der Waals surface area (Å²) in [6.07, 6.45) is -0.489. The molecule has 1 rings (SSSR count). The van der Waals surface area contributed by atoms with Gasteiger partial charge in [0.15, 0.2) is 0 Å². The molecule has 0 radical (unpaired) electrons. The van der Waals surface area contributed by atoms with Crippen molar-refractivity contribution in [3.05, 3.63) is 29.8 Å². The largest absolute Gasteiger partial charge is 0.480 e. The van der Waals surface area contributed by atoms with Crippen molar-refractivity contribution < 1.29 is 24.2 Å². The molecule has 1 aromatic rings. The van der Waals surface area contributed by atoms with Gasteiger partial charge in [-0.05, 0) is 18.2 Å². The summed E-state index contributed by atoms with van der Waals surface area (Å²) in [5, 5.41) is 22.2. The maximum absolute atomic E-state index is 11.7. The first-order valence-corrected chi connectivity index (χ1v) is 5.83. The maximum atomic E-state index is 11.7. The van der Waals surface area contributed by atoms with E-state index in [1.807, 2.05) is 6.07 Å². The fraction of sp³-hybridized carbons (Fsp3) is 0.231. The van der Waals surface area contributed by atoms with E-state index < -0.39 is 30.4 Å². The van der Waals surface area contributed by atoms with Crippen molar-refractivity contribution in [3.63, 3.8) is 0 Å². The highest BCUT2D eigenvalue weighted by molar-refractivity contribution is 5.93. The lowest BCUT2D eigenvalue weighted by molar-refractivity contribution is -0.147. The molecule has 0 saturated heterocycles. The number of urea groups is 1. The number of aliphatic carboxylic acids is 1. The zero-order valence-corrected chi connectivity index (χ0v) is 11.1. The van der Waals surface area contributed by atoms with Gasteiger partial charge in [-0.25, -0.2) is 9.59 Å². The molecule has 0 heterocycles. The van der Waals surface area contributed by atoms with E-state index in [0.29, 0.717) is 11.3 Å². The van der Waals surface area contributed by atoms with Gasteiger partial charge in [-0.1, -0.05) is 6.07 Å². The van der Waals surface area contributed by atoms with Gasteiger partial charge >= 0.3 is 18.0 Å². The van der Waals surface area contributed by atoms with E-state index in [-0.39, 0.29) is 0 Å². The van der Waals surface area contributed by atoms with Crippen LogP contribution in [0.2, 0.25) is 0 Å². The van der Waals surface area contributed by atoms with Crippen LogP contribution in [0.1, 0.15) is 12.0 Å². The number of nitrogens with one attached hydrogen (secondary N) is 2. The monoisotopic (exact) mass is 291 g/mol. The van der Waals surface area contributed by atoms with E-state index in [0.717, 1.165) is 7.11 Å². The molecule has 3 N–H and O–H groups in total. The van der Waals surface area contributed by atoms with Crippen molar-refractivity contribution in [3.8, 4) is 6.07 Å². The van der Waals surface area contributed by atoms with Crippen molar-refractivity contribution in [2.75, 3.05) is 12.4 Å². The van der Waals surface area contributed by atoms with Gasteiger partial charge in [0, 0.05) is 5.69 Å². The summed E-state index contributed by atoms with van der Waals surface area (Å²) < 4.78 is 4.35. The Morgan fingerprint density at radius 2 is 2.14 bits per heavy atom. The number of nitrogens with zero attached hydrogens (tertiary/aromatic N) is 1. The fourth-order valence-corrected chi connectivity index (χ4v) is 1.44. The number of benzene rings is 1. The number of nitriles is 1. The Kier molecular flexibility index (Phi) is 5.70. The van der Waals surface area contributed by atoms with Crippen LogP contribution in [0, 0.1) is 11.3 Å². The summed E-state index contributed by atoms with van der Waals surface area (Å²) in [5.41, 5.74) is 0.672. The van der Waals surface area contributed by atoms with Crippen molar-refractivity contribution in [1.82, 2.24) is 5.32 Å². The predicted molar refractivity (Wildman–Crippen MR) is 71.4 cm³/mol. The van der Waals surface area contributed by atoms with Gasteiger partial charge in [0.2, 0.25) is 0 Å². The lowest BCUT2D eigenvalue weighted by atomic mass is 10.2. The highest BCUT2D eigenvalue weighted by atomic mass is 16.5. The van der Waals surface area contributed by atoms with Crippen molar-refractivity contribution in [2.24, 2.45) is 0 Å². The second-order valence-electron chi connectivity index (χ2n) is 3.96. The first kappa shape index (κ1) is 16.0. The zero-order valence-electron chi connectivity index (χ0n) is 11.1. The smallest absolute Gasteiger partial charge is 0.326 e. The molecule has 0 saturated carbocycles. The topological polar surface area (TPSA) is 129 Å². The molecule has 0 spiro atoms. The summed E-state index contributed by atoms with van der Waals surface area (Å²) in [6, 6.07) is 5.78. The summed E-state index contributed by atoms with van der Waals surface area (Å²) >= 11 is 0. The minimum Gasteiger partial charge on any atom is -0.480 e. The minimum absolute atomic E-state index is 0.328. The van der Waals surface area contributed by atoms with Crippen LogP contribution in [-0.2, 0) is 14.3 Å². The summed E-state index contributed by atoms with van der Waals surface area (Å²) in [5.74, 6) is -2.12. The zero-order chi connectivity index (χ0) is 15.8. The highest BCUT2D eigenvalue weighted by Crippen LogP contribution is 2.09. The van der Waals surface area contributed by atoms with Crippen LogP contribution in [0.4, 0.5) is 10.5 Å². The summed E-state index contributed by atoms with van der Waals surface area (Å²) in [6.45, 7) is 0. The van der Waals surface area contributed by atoms with E-state index in [4.69, 9.17) is 10.4 Å². The summed E-state index contributed by atoms with van der Waals surface area (Å²) in [4.78, 5) is 33.7. The average molecular weight is 291 g/mol. The second-order valence-corrected chi connectivity index (χ2v) is 3.96. The van der Waals surface area contributed by atoms with Crippen LogP contribution in [0.15, 0.2) is 24.3 Å². The van der Waals surface area contributed by atoms with Gasteiger partial charge in [0.25, 0.3) is 0 Å². The minimum atomic E-state index is -1.41. The molecule has 8 heteroatoms. The van der Waals surface area contributed by atoms with E-state index in [1.54, 1.807) is 12.1 Å². The van der Waals surface area contributed by atoms with Gasteiger partial charge in [-0.2, -0.15) is 5.26 Å². The normalized spacial score (nSPS) is 10.9. The molecule has 0 aliphatic heterocycles. The third-order valence-corrected chi connectivity index (χ3v) is 2.45. The Balaban J connectivity index is 2.67. The third kappa shape index (κ3) is 5.20. The number of methoxy groups -OCH3 is 1. The number of carbonyl (C=O) groups is 3. The molecule has 0 aliphatic carbocycles. The fourth-order valence-electron chi connectivity index (χ4n) is 1.44. The van der Waals surface area contributed by atoms with Crippen molar-refractivity contribution in [1.29, 1.82) is 5.26 Å². The van der Waals surface area contributed by atoms with E-state index in [1.165, 1.54) is 12.1 Å². The molecule has 0 unspecified atom stereocenters. The molecule has 0 bridgehead atoms. The number of carboxylic acids is 1. The number of anilines is 1. The molecule has 0 aromatic heterocycles. The van der Waals surface area contributed by atoms with Crippen LogP contribution < -0.4 is 10.6 Å². The molecule has 0 fully saturated rings. The number of hydrogen-bond donors (Lipinski definition) is 3. The van der Waals surface area contributed by atoms with Crippen LogP contribution in [0.25, 0.3) is 0 Å². The van der Waals surface area contributed by atoms with Crippen LogP contribution in [0.5, 0.6) is 0 Å². The van der Waals surface area contributed by atoms with Crippen molar-refractivity contribution in [2.45, 2.75) is 12.5 Å². The SMILES string of the molecule is COC(=O)C[C@H](NC(=O)Nc1cccc(C#N)c1)C(=O)O. The molecular formula is C13H13N3O5. The molecule has 2 amide bonds. The molecule has 21 heavy (non-hydrogen) atoms. The quantitative estimate of drug-likeness (QED) is 0.685. The number of rotatable bonds is 5. The first-order valence-electron chi connectivity index (χ1n) is 5.83. The van der Waals surface area contributed by atoms with Gasteiger partial charge in [0.1, 0.15) is 6.04 Å². The number of hydrogen-bond acceptors (Lipinski definition) is 5. The highest BCUT2D eigenvalue weighted by Gasteiger charge is 2.23. The Morgan fingerprint density at radius 3 is 2.71 bits per heavy atom. The molecule has 0 aliphatic rings. The Hall–Kier alpha value is -3.08. The lowest BCUT2D eigenvalue weighted by Crippen LogP contribution is -2.44. The predicted octanol–water partition coefficient (Wildman–Crippen LogP) is 0.696. The number of ether oxygens (including phenoxy) is 1. The van der Waals surface area contributed by atoms with Crippen LogP contribution in [0.3, 0.4) is 0 Å². The Morgan fingerprint density at radius 1 is 1.43 bits per heavy atom. The lowest BCUT2D eigenvalue weighted by Gasteiger charge is -2.14. The molecular weight excluding hydrogens is 278 g/mol. The van der Waals surface area contributed by atoms with Crippen LogP contribution >= 0.6 is 0 Å². The van der Waals surface area contributed by atoms with Gasteiger partial charge in [-0.3, -0.25) is 4.79 Å². The molecule has 110 valence electrons. The molecule has 8 nitrogen and oxygen atoms in total. The number of amides is 2.